The second kappa shape index (κ2) is 9.48. The number of aliphatic imine (C=N–C) groups is 1. The van der Waals surface area contributed by atoms with E-state index in [-0.39, 0.29) is 6.10 Å². The minimum Gasteiger partial charge on any atom is -0.374 e. The molecule has 1 aromatic heterocycles. The van der Waals surface area contributed by atoms with Crippen LogP contribution < -0.4 is 10.2 Å². The molecular formula is C17H31N7OS. The van der Waals surface area contributed by atoms with Gasteiger partial charge in [-0.3, -0.25) is 4.99 Å². The third-order valence-corrected chi connectivity index (χ3v) is 5.56. The van der Waals surface area contributed by atoms with E-state index in [0.29, 0.717) is 6.54 Å². The maximum Gasteiger partial charge on any atom is 0.205 e. The summed E-state index contributed by atoms with van der Waals surface area (Å²) in [5, 5.41) is 4.48. The molecule has 3 heterocycles. The quantitative estimate of drug-likeness (QED) is 0.589. The van der Waals surface area contributed by atoms with Crippen molar-refractivity contribution < 1.29 is 4.74 Å². The van der Waals surface area contributed by atoms with Gasteiger partial charge in [0.25, 0.3) is 0 Å². The monoisotopic (exact) mass is 381 g/mol. The normalized spacial score (nSPS) is 22.7. The van der Waals surface area contributed by atoms with Gasteiger partial charge in [-0.05, 0) is 14.0 Å². The van der Waals surface area contributed by atoms with Crippen molar-refractivity contribution in [3.05, 3.63) is 5.82 Å². The molecule has 0 aromatic carbocycles. The molecule has 2 aliphatic rings. The van der Waals surface area contributed by atoms with Crippen LogP contribution in [0.4, 0.5) is 5.13 Å². The Morgan fingerprint density at radius 2 is 2.08 bits per heavy atom. The largest absolute Gasteiger partial charge is 0.374 e. The number of aromatic nitrogens is 2. The summed E-state index contributed by atoms with van der Waals surface area (Å²) >= 11 is 1.51. The van der Waals surface area contributed by atoms with Crippen molar-refractivity contribution in [2.24, 2.45) is 4.99 Å². The van der Waals surface area contributed by atoms with Gasteiger partial charge in [0.15, 0.2) is 5.96 Å². The molecule has 2 fully saturated rings. The van der Waals surface area contributed by atoms with Crippen LogP contribution >= 0.6 is 11.5 Å². The second-order valence-corrected chi connectivity index (χ2v) is 7.50. The van der Waals surface area contributed by atoms with Gasteiger partial charge in [0.05, 0.1) is 19.3 Å². The van der Waals surface area contributed by atoms with Crippen LogP contribution in [0, 0.1) is 0 Å². The van der Waals surface area contributed by atoms with Crippen LogP contribution in [-0.4, -0.2) is 97.2 Å². The van der Waals surface area contributed by atoms with Crippen molar-refractivity contribution in [2.75, 3.05) is 70.9 Å². The van der Waals surface area contributed by atoms with Gasteiger partial charge in [0, 0.05) is 63.8 Å². The summed E-state index contributed by atoms with van der Waals surface area (Å²) in [6.45, 7) is 12.3. The van der Waals surface area contributed by atoms with E-state index in [4.69, 9.17) is 9.73 Å². The number of nitrogens with one attached hydrogen (secondary N) is 1. The fraction of sp³-hybridized carbons (Fsp3) is 0.824. The average Bonchev–Trinajstić information content (AvgIpc) is 3.15. The number of likely N-dealkylation sites (N-methyl/N-ethyl adjacent to an activating group) is 1. The van der Waals surface area contributed by atoms with Gasteiger partial charge in [-0.25, -0.2) is 4.98 Å². The van der Waals surface area contributed by atoms with Gasteiger partial charge in [0.2, 0.25) is 5.13 Å². The Morgan fingerprint density at radius 1 is 1.27 bits per heavy atom. The SMILES string of the molecule is CCNC(=NCC1CN(C)CCO1)N1CCN(c2nc(CC)ns2)CC1. The first-order valence-corrected chi connectivity index (χ1v) is 10.4. The topological polar surface area (TPSA) is 69.1 Å². The maximum absolute atomic E-state index is 5.83. The molecule has 0 bridgehead atoms. The highest BCUT2D eigenvalue weighted by molar-refractivity contribution is 7.09. The number of hydrogen-bond donors (Lipinski definition) is 1. The summed E-state index contributed by atoms with van der Waals surface area (Å²) in [6, 6.07) is 0. The molecular weight excluding hydrogens is 350 g/mol. The van der Waals surface area contributed by atoms with Crippen molar-refractivity contribution in [1.82, 2.24) is 24.5 Å². The molecule has 3 rings (SSSR count). The number of rotatable bonds is 5. The van der Waals surface area contributed by atoms with E-state index in [2.05, 4.69) is 50.3 Å². The van der Waals surface area contributed by atoms with Crippen molar-refractivity contribution >= 4 is 22.6 Å². The predicted molar refractivity (Wildman–Crippen MR) is 106 cm³/mol. The van der Waals surface area contributed by atoms with Crippen molar-refractivity contribution in [3.63, 3.8) is 0 Å². The molecule has 0 amide bonds. The first-order chi connectivity index (χ1) is 12.7. The van der Waals surface area contributed by atoms with Gasteiger partial charge in [0.1, 0.15) is 5.82 Å². The first kappa shape index (κ1) is 19.3. The maximum atomic E-state index is 5.83. The number of piperazine rings is 1. The average molecular weight is 382 g/mol. The molecule has 0 spiro atoms. The molecule has 1 atom stereocenters. The highest BCUT2D eigenvalue weighted by atomic mass is 32.1. The molecule has 1 unspecified atom stereocenters. The first-order valence-electron chi connectivity index (χ1n) is 9.60. The highest BCUT2D eigenvalue weighted by Gasteiger charge is 2.23. The van der Waals surface area contributed by atoms with Gasteiger partial charge in [-0.2, -0.15) is 4.37 Å². The number of ether oxygens (including phenoxy) is 1. The zero-order valence-electron chi connectivity index (χ0n) is 16.1. The summed E-state index contributed by atoms with van der Waals surface area (Å²) in [4.78, 5) is 16.4. The van der Waals surface area contributed by atoms with Gasteiger partial charge in [-0.1, -0.05) is 6.92 Å². The molecule has 1 N–H and O–H groups in total. The second-order valence-electron chi connectivity index (χ2n) is 6.77. The molecule has 2 saturated heterocycles. The van der Waals surface area contributed by atoms with Gasteiger partial charge in [-0.15, -0.1) is 0 Å². The van der Waals surface area contributed by atoms with E-state index >= 15 is 0 Å². The fourth-order valence-electron chi connectivity index (χ4n) is 3.22. The fourth-order valence-corrected chi connectivity index (χ4v) is 4.02. The Labute approximate surface area is 160 Å². The minimum absolute atomic E-state index is 0.192. The molecule has 0 aliphatic carbocycles. The zero-order valence-corrected chi connectivity index (χ0v) is 17.0. The number of hydrogen-bond acceptors (Lipinski definition) is 7. The van der Waals surface area contributed by atoms with Crippen LogP contribution in [0.2, 0.25) is 0 Å². The molecule has 0 saturated carbocycles. The number of anilines is 1. The van der Waals surface area contributed by atoms with E-state index in [1.54, 1.807) is 0 Å². The minimum atomic E-state index is 0.192. The standard InChI is InChI=1S/C17H31N7OS/c1-4-15-20-17(26-21-15)24-8-6-23(7-9-24)16(18-5-2)19-12-14-13-22(3)10-11-25-14/h14H,4-13H2,1-3H3,(H,18,19). The molecule has 26 heavy (non-hydrogen) atoms. The van der Waals surface area contributed by atoms with Gasteiger partial charge < -0.3 is 24.8 Å². The molecule has 9 heteroatoms. The van der Waals surface area contributed by atoms with E-state index in [9.17, 15) is 0 Å². The predicted octanol–water partition coefficient (Wildman–Crippen LogP) is 0.519. The molecule has 8 nitrogen and oxygen atoms in total. The summed E-state index contributed by atoms with van der Waals surface area (Å²) in [5.74, 6) is 1.94. The number of guanidine groups is 1. The zero-order chi connectivity index (χ0) is 18.4. The van der Waals surface area contributed by atoms with Crippen LogP contribution in [-0.2, 0) is 11.2 Å². The van der Waals surface area contributed by atoms with E-state index in [0.717, 1.165) is 75.8 Å². The van der Waals surface area contributed by atoms with Crippen molar-refractivity contribution in [1.29, 1.82) is 0 Å². The summed E-state index contributed by atoms with van der Waals surface area (Å²) in [7, 11) is 2.14. The Bertz CT molecular complexity index is 585. The lowest BCUT2D eigenvalue weighted by atomic mass is 10.3. The molecule has 1 aromatic rings. The van der Waals surface area contributed by atoms with E-state index < -0.39 is 0 Å². The highest BCUT2D eigenvalue weighted by Crippen LogP contribution is 2.19. The number of nitrogens with zero attached hydrogens (tertiary/aromatic N) is 6. The summed E-state index contributed by atoms with van der Waals surface area (Å²) < 4.78 is 10.2. The lowest BCUT2D eigenvalue weighted by Crippen LogP contribution is -2.53. The van der Waals surface area contributed by atoms with Crippen LogP contribution in [0.25, 0.3) is 0 Å². The Hall–Kier alpha value is -1.45. The summed E-state index contributed by atoms with van der Waals surface area (Å²) in [6.07, 6.45) is 1.09. The van der Waals surface area contributed by atoms with Crippen LogP contribution in [0.5, 0.6) is 0 Å². The third kappa shape index (κ3) is 5.05. The Kier molecular flexibility index (Phi) is 7.04. The van der Waals surface area contributed by atoms with E-state index in [1.165, 1.54) is 11.5 Å². The number of aryl methyl sites for hydroxylation is 1. The number of morpholine rings is 1. The molecule has 146 valence electrons. The molecule has 2 aliphatic heterocycles. The lowest BCUT2D eigenvalue weighted by Gasteiger charge is -2.36. The Morgan fingerprint density at radius 3 is 2.73 bits per heavy atom. The van der Waals surface area contributed by atoms with Crippen LogP contribution in [0.3, 0.4) is 0 Å². The third-order valence-electron chi connectivity index (χ3n) is 4.74. The smallest absolute Gasteiger partial charge is 0.205 e. The van der Waals surface area contributed by atoms with E-state index in [1.807, 2.05) is 0 Å². The summed E-state index contributed by atoms with van der Waals surface area (Å²) in [5.41, 5.74) is 0. The Balaban J connectivity index is 1.54. The molecule has 0 radical (unpaired) electrons. The van der Waals surface area contributed by atoms with Crippen LogP contribution in [0.15, 0.2) is 4.99 Å². The van der Waals surface area contributed by atoms with Crippen molar-refractivity contribution in [2.45, 2.75) is 26.4 Å². The van der Waals surface area contributed by atoms with Crippen molar-refractivity contribution in [3.8, 4) is 0 Å². The van der Waals surface area contributed by atoms with Gasteiger partial charge >= 0.3 is 0 Å². The van der Waals surface area contributed by atoms with Crippen LogP contribution in [0.1, 0.15) is 19.7 Å². The lowest BCUT2D eigenvalue weighted by molar-refractivity contribution is -0.0137.